The number of hydrogen-bond acceptors (Lipinski definition) is 4. The second-order valence-electron chi connectivity index (χ2n) is 4.34. The zero-order chi connectivity index (χ0) is 13.7. The maximum Gasteiger partial charge on any atom is 0.137 e. The van der Waals surface area contributed by atoms with Crippen LogP contribution in [-0.4, -0.2) is 11.6 Å². The summed E-state index contributed by atoms with van der Waals surface area (Å²) in [6, 6.07) is 10.0. The van der Waals surface area contributed by atoms with Gasteiger partial charge in [-0.3, -0.25) is 10.8 Å². The fourth-order valence-corrected chi connectivity index (χ4v) is 2.12. The standard InChI is InChI=1S/C15H19N3O/c1-3-19-13-8-12(9-17-10-13)15(18-16)14-7-5-4-6-11(14)2/h4-10,15,18H,3,16H2,1-2H3. The van der Waals surface area contributed by atoms with Crippen LogP contribution in [-0.2, 0) is 0 Å². The van der Waals surface area contributed by atoms with Crippen molar-refractivity contribution in [2.75, 3.05) is 6.61 Å². The zero-order valence-corrected chi connectivity index (χ0v) is 11.3. The summed E-state index contributed by atoms with van der Waals surface area (Å²) in [7, 11) is 0. The molecule has 4 nitrogen and oxygen atoms in total. The highest BCUT2D eigenvalue weighted by Gasteiger charge is 2.15. The first-order valence-electron chi connectivity index (χ1n) is 6.35. The molecular weight excluding hydrogens is 238 g/mol. The quantitative estimate of drug-likeness (QED) is 0.637. The molecule has 0 saturated heterocycles. The number of hydrogen-bond donors (Lipinski definition) is 2. The van der Waals surface area contributed by atoms with Crippen LogP contribution in [0, 0.1) is 6.92 Å². The highest BCUT2D eigenvalue weighted by molar-refractivity contribution is 5.37. The van der Waals surface area contributed by atoms with Gasteiger partial charge in [0.1, 0.15) is 5.75 Å². The average molecular weight is 257 g/mol. The van der Waals surface area contributed by atoms with Crippen LogP contribution in [0.5, 0.6) is 5.75 Å². The molecule has 0 spiro atoms. The first kappa shape index (κ1) is 13.5. The molecule has 1 aromatic heterocycles. The highest BCUT2D eigenvalue weighted by atomic mass is 16.5. The van der Waals surface area contributed by atoms with E-state index in [0.717, 1.165) is 16.9 Å². The van der Waals surface area contributed by atoms with Crippen molar-refractivity contribution >= 4 is 0 Å². The van der Waals surface area contributed by atoms with Crippen LogP contribution in [0.15, 0.2) is 42.7 Å². The van der Waals surface area contributed by atoms with E-state index >= 15 is 0 Å². The predicted octanol–water partition coefficient (Wildman–Crippen LogP) is 2.34. The van der Waals surface area contributed by atoms with Gasteiger partial charge in [-0.2, -0.15) is 0 Å². The molecule has 0 radical (unpaired) electrons. The normalized spacial score (nSPS) is 12.2. The number of pyridine rings is 1. The molecule has 0 aliphatic carbocycles. The van der Waals surface area contributed by atoms with E-state index in [4.69, 9.17) is 10.6 Å². The Morgan fingerprint density at radius 2 is 2.11 bits per heavy atom. The van der Waals surface area contributed by atoms with E-state index < -0.39 is 0 Å². The van der Waals surface area contributed by atoms with Gasteiger partial charge in [-0.25, -0.2) is 5.43 Å². The summed E-state index contributed by atoms with van der Waals surface area (Å²) < 4.78 is 5.48. The van der Waals surface area contributed by atoms with Gasteiger partial charge >= 0.3 is 0 Å². The Morgan fingerprint density at radius 1 is 1.32 bits per heavy atom. The summed E-state index contributed by atoms with van der Waals surface area (Å²) in [6.07, 6.45) is 3.51. The molecule has 1 heterocycles. The monoisotopic (exact) mass is 257 g/mol. The molecule has 0 bridgehead atoms. The Balaban J connectivity index is 2.37. The van der Waals surface area contributed by atoms with Gasteiger partial charge < -0.3 is 4.74 Å². The fraction of sp³-hybridized carbons (Fsp3) is 0.267. The van der Waals surface area contributed by atoms with E-state index in [-0.39, 0.29) is 6.04 Å². The van der Waals surface area contributed by atoms with Crippen molar-refractivity contribution in [3.05, 3.63) is 59.4 Å². The van der Waals surface area contributed by atoms with Crippen molar-refractivity contribution in [3.63, 3.8) is 0 Å². The number of benzene rings is 1. The second kappa shape index (κ2) is 6.31. The van der Waals surface area contributed by atoms with Crippen LogP contribution in [0.2, 0.25) is 0 Å². The van der Waals surface area contributed by atoms with Crippen molar-refractivity contribution in [1.29, 1.82) is 0 Å². The number of hydrazine groups is 1. The molecule has 0 amide bonds. The summed E-state index contributed by atoms with van der Waals surface area (Å²) in [6.45, 7) is 4.64. The summed E-state index contributed by atoms with van der Waals surface area (Å²) in [5.74, 6) is 6.47. The molecule has 3 N–H and O–H groups in total. The average Bonchev–Trinajstić information content (AvgIpc) is 2.43. The lowest BCUT2D eigenvalue weighted by Gasteiger charge is -2.19. The first-order valence-corrected chi connectivity index (χ1v) is 6.35. The molecule has 1 atom stereocenters. The Morgan fingerprint density at radius 3 is 2.79 bits per heavy atom. The third-order valence-electron chi connectivity index (χ3n) is 3.04. The van der Waals surface area contributed by atoms with Crippen LogP contribution in [0.4, 0.5) is 0 Å². The molecule has 0 fully saturated rings. The third-order valence-corrected chi connectivity index (χ3v) is 3.04. The SMILES string of the molecule is CCOc1cncc(C(NN)c2ccccc2C)c1. The lowest BCUT2D eigenvalue weighted by atomic mass is 9.96. The Kier molecular flexibility index (Phi) is 4.49. The molecular formula is C15H19N3O. The molecule has 4 heteroatoms. The Hall–Kier alpha value is -1.91. The Labute approximate surface area is 113 Å². The topological polar surface area (TPSA) is 60.2 Å². The maximum atomic E-state index is 5.71. The van der Waals surface area contributed by atoms with Crippen molar-refractivity contribution in [2.45, 2.75) is 19.9 Å². The van der Waals surface area contributed by atoms with E-state index in [9.17, 15) is 0 Å². The number of nitrogens with one attached hydrogen (secondary N) is 1. The van der Waals surface area contributed by atoms with Gasteiger partial charge in [-0.1, -0.05) is 24.3 Å². The van der Waals surface area contributed by atoms with Gasteiger partial charge in [0.25, 0.3) is 0 Å². The first-order chi connectivity index (χ1) is 9.26. The van der Waals surface area contributed by atoms with Crippen molar-refractivity contribution in [1.82, 2.24) is 10.4 Å². The van der Waals surface area contributed by atoms with Crippen LogP contribution >= 0.6 is 0 Å². The molecule has 2 rings (SSSR count). The summed E-state index contributed by atoms with van der Waals surface area (Å²) in [5.41, 5.74) is 6.16. The lowest BCUT2D eigenvalue weighted by Crippen LogP contribution is -2.29. The predicted molar refractivity (Wildman–Crippen MR) is 75.8 cm³/mol. The van der Waals surface area contributed by atoms with Crippen LogP contribution in [0.3, 0.4) is 0 Å². The molecule has 0 aliphatic heterocycles. The van der Waals surface area contributed by atoms with Gasteiger partial charge in [0.15, 0.2) is 0 Å². The number of aryl methyl sites for hydroxylation is 1. The van der Waals surface area contributed by atoms with E-state index in [1.807, 2.05) is 25.1 Å². The van der Waals surface area contributed by atoms with E-state index in [2.05, 4.69) is 29.5 Å². The zero-order valence-electron chi connectivity index (χ0n) is 11.3. The molecule has 1 unspecified atom stereocenters. The molecule has 19 heavy (non-hydrogen) atoms. The number of nitrogens with zero attached hydrogens (tertiary/aromatic N) is 1. The molecule has 0 aliphatic rings. The van der Waals surface area contributed by atoms with Gasteiger partial charge in [0.05, 0.1) is 18.8 Å². The molecule has 100 valence electrons. The minimum atomic E-state index is -0.0888. The van der Waals surface area contributed by atoms with Crippen molar-refractivity contribution in [2.24, 2.45) is 5.84 Å². The summed E-state index contributed by atoms with van der Waals surface area (Å²) in [5, 5.41) is 0. The second-order valence-corrected chi connectivity index (χ2v) is 4.34. The highest BCUT2D eigenvalue weighted by Crippen LogP contribution is 2.25. The minimum absolute atomic E-state index is 0.0888. The largest absolute Gasteiger partial charge is 0.492 e. The van der Waals surface area contributed by atoms with E-state index in [1.54, 1.807) is 12.4 Å². The summed E-state index contributed by atoms with van der Waals surface area (Å²) >= 11 is 0. The van der Waals surface area contributed by atoms with Gasteiger partial charge in [-0.05, 0) is 36.6 Å². The number of nitrogens with two attached hydrogens (primary N) is 1. The van der Waals surface area contributed by atoms with Crippen LogP contribution in [0.25, 0.3) is 0 Å². The number of rotatable bonds is 5. The number of aromatic nitrogens is 1. The van der Waals surface area contributed by atoms with Crippen LogP contribution < -0.4 is 16.0 Å². The maximum absolute atomic E-state index is 5.71. The van der Waals surface area contributed by atoms with Crippen molar-refractivity contribution in [3.8, 4) is 5.75 Å². The van der Waals surface area contributed by atoms with Crippen LogP contribution in [0.1, 0.15) is 29.7 Å². The van der Waals surface area contributed by atoms with Gasteiger partial charge in [-0.15, -0.1) is 0 Å². The van der Waals surface area contributed by atoms with E-state index in [0.29, 0.717) is 6.61 Å². The lowest BCUT2D eigenvalue weighted by molar-refractivity contribution is 0.338. The minimum Gasteiger partial charge on any atom is -0.492 e. The van der Waals surface area contributed by atoms with Gasteiger partial charge in [0, 0.05) is 6.20 Å². The molecule has 0 saturated carbocycles. The van der Waals surface area contributed by atoms with Gasteiger partial charge in [0.2, 0.25) is 0 Å². The van der Waals surface area contributed by atoms with E-state index in [1.165, 1.54) is 5.56 Å². The Bertz CT molecular complexity index is 542. The molecule has 1 aromatic carbocycles. The van der Waals surface area contributed by atoms with Crippen molar-refractivity contribution < 1.29 is 4.74 Å². The third kappa shape index (κ3) is 3.10. The molecule has 2 aromatic rings. The fourth-order valence-electron chi connectivity index (χ4n) is 2.12. The number of ether oxygens (including phenoxy) is 1. The smallest absolute Gasteiger partial charge is 0.137 e. The summed E-state index contributed by atoms with van der Waals surface area (Å²) in [4.78, 5) is 4.21.